The van der Waals surface area contributed by atoms with Gasteiger partial charge in [-0.1, -0.05) is 6.07 Å². The van der Waals surface area contributed by atoms with Gasteiger partial charge in [0.15, 0.2) is 11.6 Å². The zero-order chi connectivity index (χ0) is 19.1. The molecule has 7 heteroatoms. The highest BCUT2D eigenvalue weighted by Crippen LogP contribution is 2.40. The van der Waals surface area contributed by atoms with Crippen molar-refractivity contribution >= 4 is 5.91 Å². The van der Waals surface area contributed by atoms with E-state index in [0.717, 1.165) is 30.7 Å². The number of rotatable bonds is 5. The first-order chi connectivity index (χ1) is 12.2. The standard InChI is InChI=1S/C19H23F2N3O2/c1-19(2,3)24-16(9-15(23-24)11-4-5-11)18(26)22-10-17(25)12-6-7-13(20)14(21)8-12/h6-9,11,17,25H,4-5,10H2,1-3H3,(H,22,26)/t17-/m0/s1. The third-order valence-electron chi connectivity index (χ3n) is 4.38. The Hall–Kier alpha value is -2.28. The van der Waals surface area contributed by atoms with Crippen LogP contribution in [0.25, 0.3) is 0 Å². The first kappa shape index (κ1) is 18.5. The Morgan fingerprint density at radius 3 is 2.58 bits per heavy atom. The lowest BCUT2D eigenvalue weighted by atomic mass is 10.1. The molecule has 5 nitrogen and oxygen atoms in total. The van der Waals surface area contributed by atoms with E-state index in [-0.39, 0.29) is 23.6 Å². The van der Waals surface area contributed by atoms with Gasteiger partial charge in [-0.25, -0.2) is 8.78 Å². The van der Waals surface area contributed by atoms with E-state index in [4.69, 9.17) is 0 Å². The predicted octanol–water partition coefficient (Wildman–Crippen LogP) is 3.26. The molecule has 0 aliphatic heterocycles. The monoisotopic (exact) mass is 363 g/mol. The molecular formula is C19H23F2N3O2. The lowest BCUT2D eigenvalue weighted by molar-refractivity contribution is 0.0898. The largest absolute Gasteiger partial charge is 0.387 e. The van der Waals surface area contributed by atoms with Gasteiger partial charge in [-0.2, -0.15) is 5.10 Å². The normalized spacial score (nSPS) is 15.8. The number of halogens is 2. The number of nitrogens with zero attached hydrogens (tertiary/aromatic N) is 2. The van der Waals surface area contributed by atoms with E-state index in [1.165, 1.54) is 6.07 Å². The van der Waals surface area contributed by atoms with Crippen molar-refractivity contribution in [3.63, 3.8) is 0 Å². The number of aliphatic hydroxyl groups excluding tert-OH is 1. The Morgan fingerprint density at radius 2 is 2.00 bits per heavy atom. The van der Waals surface area contributed by atoms with Crippen molar-refractivity contribution in [3.8, 4) is 0 Å². The second-order valence-corrected chi connectivity index (χ2v) is 7.71. The number of hydrogen-bond acceptors (Lipinski definition) is 3. The van der Waals surface area contributed by atoms with Crippen LogP contribution in [0.2, 0.25) is 0 Å². The molecule has 0 unspecified atom stereocenters. The van der Waals surface area contributed by atoms with E-state index in [1.807, 2.05) is 20.8 Å². The molecule has 0 saturated heterocycles. The minimum atomic E-state index is -1.14. The van der Waals surface area contributed by atoms with Crippen molar-refractivity contribution in [1.29, 1.82) is 0 Å². The van der Waals surface area contributed by atoms with E-state index in [1.54, 1.807) is 10.7 Å². The summed E-state index contributed by atoms with van der Waals surface area (Å²) in [7, 11) is 0. The molecule has 1 heterocycles. The summed E-state index contributed by atoms with van der Waals surface area (Å²) in [6.07, 6.45) is 1.02. The lowest BCUT2D eigenvalue weighted by Crippen LogP contribution is -2.34. The average molecular weight is 363 g/mol. The first-order valence-electron chi connectivity index (χ1n) is 8.68. The van der Waals surface area contributed by atoms with Crippen LogP contribution in [0.15, 0.2) is 24.3 Å². The molecule has 26 heavy (non-hydrogen) atoms. The Balaban J connectivity index is 1.72. The fraction of sp³-hybridized carbons (Fsp3) is 0.474. The Labute approximate surface area is 151 Å². The van der Waals surface area contributed by atoms with Crippen LogP contribution in [0.1, 0.15) is 67.4 Å². The van der Waals surface area contributed by atoms with Crippen LogP contribution in [-0.4, -0.2) is 27.3 Å². The van der Waals surface area contributed by atoms with Crippen LogP contribution >= 0.6 is 0 Å². The van der Waals surface area contributed by atoms with Gasteiger partial charge in [0, 0.05) is 12.5 Å². The number of carbonyl (C=O) groups is 1. The molecule has 1 atom stereocenters. The molecular weight excluding hydrogens is 340 g/mol. The van der Waals surface area contributed by atoms with Gasteiger partial charge in [-0.05, 0) is 57.4 Å². The quantitative estimate of drug-likeness (QED) is 0.857. The molecule has 1 aliphatic carbocycles. The van der Waals surface area contributed by atoms with Crippen LogP contribution in [0.4, 0.5) is 8.78 Å². The van der Waals surface area contributed by atoms with Crippen LogP contribution < -0.4 is 5.32 Å². The molecule has 2 aromatic rings. The summed E-state index contributed by atoms with van der Waals surface area (Å²) in [5.41, 5.74) is 1.17. The smallest absolute Gasteiger partial charge is 0.269 e. The number of amides is 1. The van der Waals surface area contributed by atoms with Crippen molar-refractivity contribution in [3.05, 3.63) is 52.9 Å². The molecule has 1 aliphatic rings. The van der Waals surface area contributed by atoms with Gasteiger partial charge in [0.2, 0.25) is 0 Å². The molecule has 140 valence electrons. The molecule has 1 saturated carbocycles. The summed E-state index contributed by atoms with van der Waals surface area (Å²) in [4.78, 5) is 12.6. The molecule has 3 rings (SSSR count). The number of aliphatic hydroxyl groups is 1. The topological polar surface area (TPSA) is 67.2 Å². The van der Waals surface area contributed by atoms with E-state index >= 15 is 0 Å². The summed E-state index contributed by atoms with van der Waals surface area (Å²) in [6, 6.07) is 4.96. The SMILES string of the molecule is CC(C)(C)n1nc(C2CC2)cc1C(=O)NC[C@H](O)c1ccc(F)c(F)c1. The molecule has 0 spiro atoms. The Kier molecular flexibility index (Phi) is 4.84. The Morgan fingerprint density at radius 1 is 1.31 bits per heavy atom. The average Bonchev–Trinajstić information content (AvgIpc) is 3.31. The van der Waals surface area contributed by atoms with Gasteiger partial charge in [0.1, 0.15) is 5.69 Å². The highest BCUT2D eigenvalue weighted by molar-refractivity contribution is 5.92. The molecule has 1 aromatic heterocycles. The second-order valence-electron chi connectivity index (χ2n) is 7.71. The number of carbonyl (C=O) groups excluding carboxylic acids is 1. The lowest BCUT2D eigenvalue weighted by Gasteiger charge is -2.22. The molecule has 1 aromatic carbocycles. The minimum absolute atomic E-state index is 0.113. The van der Waals surface area contributed by atoms with Gasteiger partial charge >= 0.3 is 0 Å². The van der Waals surface area contributed by atoms with E-state index in [2.05, 4.69) is 10.4 Å². The van der Waals surface area contributed by atoms with Crippen molar-refractivity contribution in [2.45, 2.75) is 51.2 Å². The number of nitrogens with one attached hydrogen (secondary N) is 1. The van der Waals surface area contributed by atoms with Crippen LogP contribution in [0.5, 0.6) is 0 Å². The Bertz CT molecular complexity index is 823. The van der Waals surface area contributed by atoms with Gasteiger partial charge < -0.3 is 10.4 Å². The van der Waals surface area contributed by atoms with E-state index < -0.39 is 17.7 Å². The summed E-state index contributed by atoms with van der Waals surface area (Å²) in [5, 5.41) is 17.4. The third kappa shape index (κ3) is 3.93. The molecule has 0 bridgehead atoms. The fourth-order valence-corrected chi connectivity index (χ4v) is 2.77. The predicted molar refractivity (Wildman–Crippen MR) is 92.8 cm³/mol. The zero-order valence-electron chi connectivity index (χ0n) is 15.1. The zero-order valence-corrected chi connectivity index (χ0v) is 15.1. The molecule has 0 radical (unpaired) electrons. The van der Waals surface area contributed by atoms with Crippen LogP contribution in [0.3, 0.4) is 0 Å². The summed E-state index contributed by atoms with van der Waals surface area (Å²) < 4.78 is 28.0. The number of aromatic nitrogens is 2. The molecule has 1 fully saturated rings. The fourth-order valence-electron chi connectivity index (χ4n) is 2.77. The maximum atomic E-state index is 13.3. The maximum absolute atomic E-state index is 13.3. The summed E-state index contributed by atoms with van der Waals surface area (Å²) in [5.74, 6) is -1.96. The van der Waals surface area contributed by atoms with E-state index in [9.17, 15) is 18.7 Å². The number of benzene rings is 1. The van der Waals surface area contributed by atoms with Crippen molar-refractivity contribution < 1.29 is 18.7 Å². The maximum Gasteiger partial charge on any atom is 0.269 e. The van der Waals surface area contributed by atoms with E-state index in [0.29, 0.717) is 11.6 Å². The number of hydrogen-bond donors (Lipinski definition) is 2. The summed E-state index contributed by atoms with van der Waals surface area (Å²) >= 11 is 0. The highest BCUT2D eigenvalue weighted by atomic mass is 19.2. The van der Waals surface area contributed by atoms with Crippen molar-refractivity contribution in [2.24, 2.45) is 0 Å². The third-order valence-corrected chi connectivity index (χ3v) is 4.38. The van der Waals surface area contributed by atoms with Gasteiger partial charge in [0.25, 0.3) is 5.91 Å². The second kappa shape index (κ2) is 6.79. The highest BCUT2D eigenvalue weighted by Gasteiger charge is 2.31. The van der Waals surface area contributed by atoms with Crippen LogP contribution in [-0.2, 0) is 5.54 Å². The van der Waals surface area contributed by atoms with Gasteiger partial charge in [0.05, 0.1) is 17.3 Å². The van der Waals surface area contributed by atoms with Crippen molar-refractivity contribution in [1.82, 2.24) is 15.1 Å². The van der Waals surface area contributed by atoms with Gasteiger partial charge in [-0.15, -0.1) is 0 Å². The summed E-state index contributed by atoms with van der Waals surface area (Å²) in [6.45, 7) is 5.77. The molecule has 1 amide bonds. The van der Waals surface area contributed by atoms with Gasteiger partial charge in [-0.3, -0.25) is 9.48 Å². The first-order valence-corrected chi connectivity index (χ1v) is 8.68. The minimum Gasteiger partial charge on any atom is -0.387 e. The van der Waals surface area contributed by atoms with Crippen molar-refractivity contribution in [2.75, 3.05) is 6.54 Å². The molecule has 2 N–H and O–H groups in total. The van der Waals surface area contributed by atoms with Crippen LogP contribution in [0, 0.1) is 11.6 Å².